The van der Waals surface area contributed by atoms with Crippen molar-refractivity contribution in [1.29, 1.82) is 0 Å². The minimum atomic E-state index is -2.66. The number of amides is 1. The maximum absolute atomic E-state index is 14.0. The molecule has 1 fully saturated rings. The van der Waals surface area contributed by atoms with Crippen molar-refractivity contribution < 1.29 is 34.8 Å². The number of phenolic OH excluding ortho intramolecular Hbond substituents is 1. The summed E-state index contributed by atoms with van der Waals surface area (Å²) in [4.78, 5) is 40.9. The summed E-state index contributed by atoms with van der Waals surface area (Å²) in [5.74, 6) is -6.70. The van der Waals surface area contributed by atoms with E-state index >= 15 is 0 Å². The molecule has 3 aromatic rings. The quantitative estimate of drug-likeness (QED) is 0.306. The number of nitrogens with two attached hydrogens (primary N) is 1. The van der Waals surface area contributed by atoms with Gasteiger partial charge in [-0.15, -0.1) is 0 Å². The van der Waals surface area contributed by atoms with E-state index in [1.54, 1.807) is 20.2 Å². The molecule has 2 aromatic carbocycles. The molecule has 1 aromatic heterocycles. The molecule has 4 atom stereocenters. The molecule has 210 valence electrons. The fraction of sp³-hybridized carbons (Fsp3) is 0.258. The van der Waals surface area contributed by atoms with E-state index in [-0.39, 0.29) is 29.7 Å². The van der Waals surface area contributed by atoms with Crippen molar-refractivity contribution in [3.05, 3.63) is 89.0 Å². The first-order valence-electron chi connectivity index (χ1n) is 13.2. The van der Waals surface area contributed by atoms with Crippen LogP contribution in [0.25, 0.3) is 22.6 Å². The average molecular weight is 556 g/mol. The van der Waals surface area contributed by atoms with E-state index < -0.39 is 58.0 Å². The number of carbonyl (C=O) groups excluding carboxylic acids is 3. The molecule has 3 aliphatic carbocycles. The van der Waals surface area contributed by atoms with Gasteiger partial charge in [0.25, 0.3) is 5.91 Å². The fourth-order valence-electron chi connectivity index (χ4n) is 6.83. The standard InChI is InChI=1S/C31H29N3O7/c1-33(2)25-20-14-16-13-19-18(15-5-7-17(8-6-15)34-11-3-4-12-34)9-10-21(35)23(19)26(36)22(16)28(38)31(20,41)29(39)24(27(25)37)30(32)40/h3-12,16,20,25,35-36,39,41H,13-14H2,1-2H3,(H2,32,40)/t16-,20-,25-,31-/m0/s1. The van der Waals surface area contributed by atoms with Gasteiger partial charge in [0.1, 0.15) is 22.8 Å². The molecule has 41 heavy (non-hydrogen) atoms. The lowest BCUT2D eigenvalue weighted by atomic mass is 9.57. The molecule has 0 saturated heterocycles. The van der Waals surface area contributed by atoms with Crippen LogP contribution < -0.4 is 5.73 Å². The van der Waals surface area contributed by atoms with Crippen LogP contribution in [-0.4, -0.2) is 73.1 Å². The highest BCUT2D eigenvalue weighted by Gasteiger charge is 2.64. The third-order valence-corrected chi connectivity index (χ3v) is 8.69. The van der Waals surface area contributed by atoms with Crippen LogP contribution in [0.15, 0.2) is 77.8 Å². The topological polar surface area (TPSA) is 166 Å². The number of benzene rings is 2. The van der Waals surface area contributed by atoms with Crippen molar-refractivity contribution in [2.45, 2.75) is 24.5 Å². The first-order chi connectivity index (χ1) is 19.5. The van der Waals surface area contributed by atoms with Crippen LogP contribution in [0.3, 0.4) is 0 Å². The summed E-state index contributed by atoms with van der Waals surface area (Å²) in [6.07, 6.45) is 4.12. The Kier molecular flexibility index (Phi) is 5.95. The first-order valence-corrected chi connectivity index (χ1v) is 13.2. The number of phenols is 1. The zero-order valence-electron chi connectivity index (χ0n) is 22.4. The number of nitrogens with zero attached hydrogens (tertiary/aromatic N) is 2. The molecule has 6 N–H and O–H groups in total. The zero-order chi connectivity index (χ0) is 29.4. The molecule has 3 aliphatic rings. The maximum atomic E-state index is 14.0. The van der Waals surface area contributed by atoms with Gasteiger partial charge in [0.15, 0.2) is 11.4 Å². The van der Waals surface area contributed by atoms with Gasteiger partial charge < -0.3 is 30.7 Å². The number of hydrogen-bond acceptors (Lipinski definition) is 8. The van der Waals surface area contributed by atoms with Gasteiger partial charge in [-0.05, 0) is 79.9 Å². The van der Waals surface area contributed by atoms with Crippen LogP contribution >= 0.6 is 0 Å². The van der Waals surface area contributed by atoms with Gasteiger partial charge in [0, 0.05) is 29.6 Å². The van der Waals surface area contributed by atoms with E-state index in [1.807, 2.05) is 53.4 Å². The Morgan fingerprint density at radius 3 is 2.29 bits per heavy atom. The van der Waals surface area contributed by atoms with Crippen molar-refractivity contribution in [3.8, 4) is 22.6 Å². The Labute approximate surface area is 235 Å². The van der Waals surface area contributed by atoms with E-state index in [0.717, 1.165) is 16.8 Å². The van der Waals surface area contributed by atoms with Gasteiger partial charge in [-0.2, -0.15) is 0 Å². The molecule has 1 saturated carbocycles. The molecular weight excluding hydrogens is 526 g/mol. The number of ketones is 2. The molecule has 10 nitrogen and oxygen atoms in total. The second-order valence-electron chi connectivity index (χ2n) is 11.1. The Morgan fingerprint density at radius 2 is 1.68 bits per heavy atom. The zero-order valence-corrected chi connectivity index (χ0v) is 22.4. The highest BCUT2D eigenvalue weighted by atomic mass is 16.3. The third kappa shape index (κ3) is 3.68. The first kappa shape index (κ1) is 26.5. The summed E-state index contributed by atoms with van der Waals surface area (Å²) in [7, 11) is 3.14. The summed E-state index contributed by atoms with van der Waals surface area (Å²) < 4.78 is 1.96. The number of primary amides is 1. The number of carbonyl (C=O) groups is 3. The van der Waals surface area contributed by atoms with Gasteiger partial charge in [0.2, 0.25) is 5.78 Å². The number of aliphatic hydroxyl groups excluding tert-OH is 2. The SMILES string of the molecule is CN(C)[C@@H]1C(=O)C(C(N)=O)=C(O)[C@@]2(O)C(=O)C3=C(O)c4c(O)ccc(-c5ccc(-n6cccc6)cc5)c4C[C@H]3C[C@@H]12. The Balaban J connectivity index is 1.50. The molecule has 1 heterocycles. The lowest BCUT2D eigenvalue weighted by Crippen LogP contribution is -2.65. The van der Waals surface area contributed by atoms with Crippen LogP contribution in [0.5, 0.6) is 5.75 Å². The van der Waals surface area contributed by atoms with E-state index in [1.165, 1.54) is 11.0 Å². The lowest BCUT2D eigenvalue weighted by molar-refractivity contribution is -0.153. The molecule has 0 radical (unpaired) electrons. The largest absolute Gasteiger partial charge is 0.508 e. The summed E-state index contributed by atoms with van der Waals surface area (Å²) in [6.45, 7) is 0. The number of hydrogen-bond donors (Lipinski definition) is 5. The fourth-order valence-corrected chi connectivity index (χ4v) is 6.83. The van der Waals surface area contributed by atoms with Crippen molar-refractivity contribution in [2.24, 2.45) is 17.6 Å². The van der Waals surface area contributed by atoms with Crippen LogP contribution in [0.1, 0.15) is 17.5 Å². The van der Waals surface area contributed by atoms with Crippen LogP contribution in [0.2, 0.25) is 0 Å². The molecule has 0 bridgehead atoms. The maximum Gasteiger partial charge on any atom is 0.255 e. The summed E-state index contributed by atoms with van der Waals surface area (Å²) >= 11 is 0. The lowest BCUT2D eigenvalue weighted by Gasteiger charge is -2.50. The molecule has 0 unspecified atom stereocenters. The summed E-state index contributed by atoms with van der Waals surface area (Å²) in [5.41, 5.74) is 4.92. The smallest absolute Gasteiger partial charge is 0.255 e. The summed E-state index contributed by atoms with van der Waals surface area (Å²) in [6, 6.07) is 13.7. The van der Waals surface area contributed by atoms with Crippen LogP contribution in [0, 0.1) is 11.8 Å². The highest BCUT2D eigenvalue weighted by molar-refractivity contribution is 6.24. The predicted octanol–water partition coefficient (Wildman–Crippen LogP) is 2.42. The molecular formula is C31H29N3O7. The minimum Gasteiger partial charge on any atom is -0.508 e. The van der Waals surface area contributed by atoms with Gasteiger partial charge in [0.05, 0.1) is 11.6 Å². The number of aromatic nitrogens is 1. The number of Topliss-reactive ketones (excluding diaryl/α,β-unsaturated/α-hetero) is 2. The molecule has 0 spiro atoms. The minimum absolute atomic E-state index is 0.0351. The van der Waals surface area contributed by atoms with Gasteiger partial charge >= 0.3 is 0 Å². The van der Waals surface area contributed by atoms with Gasteiger partial charge in [-0.3, -0.25) is 19.3 Å². The normalized spacial score (nSPS) is 25.7. The number of fused-ring (bicyclic) bond motifs is 3. The van der Waals surface area contributed by atoms with Gasteiger partial charge in [-0.1, -0.05) is 18.2 Å². The highest BCUT2D eigenvalue weighted by Crippen LogP contribution is 2.53. The van der Waals surface area contributed by atoms with Crippen molar-refractivity contribution in [1.82, 2.24) is 9.47 Å². The monoisotopic (exact) mass is 555 g/mol. The van der Waals surface area contributed by atoms with Crippen LogP contribution in [0.4, 0.5) is 0 Å². The van der Waals surface area contributed by atoms with Crippen molar-refractivity contribution in [3.63, 3.8) is 0 Å². The van der Waals surface area contributed by atoms with E-state index in [9.17, 15) is 34.8 Å². The van der Waals surface area contributed by atoms with Crippen LogP contribution in [-0.2, 0) is 20.8 Å². The molecule has 0 aliphatic heterocycles. The second kappa shape index (κ2) is 9.18. The average Bonchev–Trinajstić information content (AvgIpc) is 3.46. The number of likely N-dealkylation sites (N-methyl/N-ethyl adjacent to an activating group) is 1. The van der Waals surface area contributed by atoms with Gasteiger partial charge in [-0.25, -0.2) is 0 Å². The van der Waals surface area contributed by atoms with Crippen molar-refractivity contribution >= 4 is 23.2 Å². The Hall–Kier alpha value is -4.67. The van der Waals surface area contributed by atoms with E-state index in [2.05, 4.69) is 0 Å². The third-order valence-electron chi connectivity index (χ3n) is 8.69. The number of aliphatic hydroxyl groups is 3. The van der Waals surface area contributed by atoms with Crippen molar-refractivity contribution in [2.75, 3.05) is 14.1 Å². The van der Waals surface area contributed by atoms with E-state index in [4.69, 9.17) is 5.73 Å². The molecule has 1 amide bonds. The summed E-state index contributed by atoms with van der Waals surface area (Å²) in [5, 5.41) is 45.0. The second-order valence-corrected chi connectivity index (χ2v) is 11.1. The van der Waals surface area contributed by atoms with E-state index in [0.29, 0.717) is 5.56 Å². The number of rotatable bonds is 4. The Morgan fingerprint density at radius 1 is 1.02 bits per heavy atom. The predicted molar refractivity (Wildman–Crippen MR) is 149 cm³/mol. The Bertz CT molecular complexity index is 1680. The molecule has 10 heteroatoms. The number of aromatic hydroxyl groups is 1. The molecule has 6 rings (SSSR count).